The number of unbranched alkanes of at least 4 members (excludes halogenated alkanes) is 49. The van der Waals surface area contributed by atoms with Gasteiger partial charge in [0.05, 0.1) is 25.4 Å². The van der Waals surface area contributed by atoms with Gasteiger partial charge in [-0.3, -0.25) is 9.59 Å². The number of esters is 1. The second-order valence-electron chi connectivity index (χ2n) is 23.5. The molecular formula is C70H133NO5. The van der Waals surface area contributed by atoms with Gasteiger partial charge in [0.1, 0.15) is 0 Å². The SMILES string of the molecule is CCCC/C=C\CCCCCCCC(=O)OCCCCCCCCCCCCCC/C=C\CCCCCCCCCCCC(=O)NC(CO)C(O)/C=C/CCCCCCCCCCCCCCCCCCCCCCC. The van der Waals surface area contributed by atoms with Crippen LogP contribution in [0.25, 0.3) is 0 Å². The Balaban J connectivity index is 3.44. The summed E-state index contributed by atoms with van der Waals surface area (Å²) in [4.78, 5) is 24.5. The lowest BCUT2D eigenvalue weighted by Gasteiger charge is -2.20. The monoisotopic (exact) mass is 1070 g/mol. The van der Waals surface area contributed by atoms with Gasteiger partial charge in [0.25, 0.3) is 0 Å². The van der Waals surface area contributed by atoms with Crippen molar-refractivity contribution >= 4 is 11.9 Å². The van der Waals surface area contributed by atoms with Crippen molar-refractivity contribution in [1.82, 2.24) is 5.32 Å². The van der Waals surface area contributed by atoms with Gasteiger partial charge in [0.15, 0.2) is 0 Å². The summed E-state index contributed by atoms with van der Waals surface area (Å²) in [5.41, 5.74) is 0. The van der Waals surface area contributed by atoms with E-state index in [1.165, 1.54) is 302 Å². The minimum Gasteiger partial charge on any atom is -0.466 e. The molecule has 0 aliphatic rings. The van der Waals surface area contributed by atoms with Crippen LogP contribution in [0.1, 0.15) is 373 Å². The Labute approximate surface area is 474 Å². The molecule has 0 radical (unpaired) electrons. The van der Waals surface area contributed by atoms with E-state index in [1.807, 2.05) is 6.08 Å². The quantitative estimate of drug-likeness (QED) is 0.0320. The topological polar surface area (TPSA) is 95.9 Å². The number of hydrogen-bond acceptors (Lipinski definition) is 5. The second kappa shape index (κ2) is 65.6. The maximum absolute atomic E-state index is 12.5. The summed E-state index contributed by atoms with van der Waals surface area (Å²) in [6.07, 6.45) is 83.6. The number of allylic oxidation sites excluding steroid dienone is 5. The number of aliphatic hydroxyl groups is 2. The highest BCUT2D eigenvalue weighted by atomic mass is 16.5. The van der Waals surface area contributed by atoms with Gasteiger partial charge in [0, 0.05) is 12.8 Å². The molecule has 0 aliphatic carbocycles. The maximum atomic E-state index is 12.5. The van der Waals surface area contributed by atoms with Crippen molar-refractivity contribution in [2.45, 2.75) is 386 Å². The van der Waals surface area contributed by atoms with Crippen LogP contribution >= 0.6 is 0 Å². The molecule has 2 unspecified atom stereocenters. The zero-order valence-electron chi connectivity index (χ0n) is 51.3. The normalized spacial score (nSPS) is 12.7. The molecule has 0 spiro atoms. The minimum atomic E-state index is -0.848. The minimum absolute atomic E-state index is 0.00218. The van der Waals surface area contributed by atoms with Gasteiger partial charge in [-0.1, -0.05) is 320 Å². The fourth-order valence-corrected chi connectivity index (χ4v) is 10.6. The Bertz CT molecular complexity index is 1230. The van der Waals surface area contributed by atoms with Crippen LogP contribution in [0.15, 0.2) is 36.5 Å². The Kier molecular flexibility index (Phi) is 63.9. The molecule has 6 nitrogen and oxygen atoms in total. The molecule has 0 saturated heterocycles. The summed E-state index contributed by atoms with van der Waals surface area (Å²) in [5.74, 6) is -0.0654. The van der Waals surface area contributed by atoms with E-state index in [2.05, 4.69) is 43.5 Å². The third-order valence-corrected chi connectivity index (χ3v) is 15.9. The number of amides is 1. The number of carbonyl (C=O) groups is 2. The fraction of sp³-hybridized carbons (Fsp3) is 0.886. The van der Waals surface area contributed by atoms with Crippen molar-refractivity contribution in [1.29, 1.82) is 0 Å². The third-order valence-electron chi connectivity index (χ3n) is 15.9. The number of rotatable bonds is 64. The largest absolute Gasteiger partial charge is 0.466 e. The Morgan fingerprint density at radius 1 is 0.355 bits per heavy atom. The van der Waals surface area contributed by atoms with Gasteiger partial charge >= 0.3 is 5.97 Å². The highest BCUT2D eigenvalue weighted by Crippen LogP contribution is 2.18. The highest BCUT2D eigenvalue weighted by molar-refractivity contribution is 5.76. The van der Waals surface area contributed by atoms with E-state index >= 15 is 0 Å². The predicted molar refractivity (Wildman–Crippen MR) is 333 cm³/mol. The number of nitrogens with one attached hydrogen (secondary N) is 1. The van der Waals surface area contributed by atoms with Crippen molar-refractivity contribution in [3.63, 3.8) is 0 Å². The third kappa shape index (κ3) is 61.3. The summed E-state index contributed by atoms with van der Waals surface area (Å²) in [7, 11) is 0. The van der Waals surface area contributed by atoms with Crippen LogP contribution in [0.3, 0.4) is 0 Å². The second-order valence-corrected chi connectivity index (χ2v) is 23.5. The average Bonchev–Trinajstić information content (AvgIpc) is 3.42. The zero-order chi connectivity index (χ0) is 55.0. The fourth-order valence-electron chi connectivity index (χ4n) is 10.6. The molecule has 0 rings (SSSR count). The molecule has 0 aliphatic heterocycles. The standard InChI is InChI=1S/C70H133NO5/c1-3-5-7-9-11-13-15-16-17-18-19-20-24-27-30-33-36-39-43-46-50-54-58-62-68(73)67(66-72)71-69(74)63-59-55-51-47-44-40-37-34-31-28-25-22-21-23-26-29-32-35-38-41-45-49-53-57-61-65-76-70(75)64-60-56-52-48-42-14-12-10-8-6-4-2/h10,12,22,25,58,62,67-68,72-73H,3-9,11,13-21,23-24,26-57,59-61,63-66H2,1-2H3,(H,71,74)/b12-10-,25-22-,62-58+. The first-order valence-electron chi connectivity index (χ1n) is 34.3. The predicted octanol–water partition coefficient (Wildman–Crippen LogP) is 21.9. The molecule has 0 bridgehead atoms. The van der Waals surface area contributed by atoms with Gasteiger partial charge in [-0.25, -0.2) is 0 Å². The molecule has 1 amide bonds. The number of carbonyl (C=O) groups excluding carboxylic acids is 2. The van der Waals surface area contributed by atoms with E-state index in [1.54, 1.807) is 6.08 Å². The van der Waals surface area contributed by atoms with E-state index in [-0.39, 0.29) is 18.5 Å². The first-order valence-corrected chi connectivity index (χ1v) is 34.3. The van der Waals surface area contributed by atoms with Crippen LogP contribution < -0.4 is 5.32 Å². The molecule has 0 fully saturated rings. The molecule has 2 atom stereocenters. The number of aliphatic hydroxyl groups excluding tert-OH is 2. The van der Waals surface area contributed by atoms with Gasteiger partial charge in [-0.15, -0.1) is 0 Å². The molecule has 0 heterocycles. The maximum Gasteiger partial charge on any atom is 0.305 e. The number of ether oxygens (including phenoxy) is 1. The van der Waals surface area contributed by atoms with Crippen LogP contribution in [-0.2, 0) is 14.3 Å². The molecule has 448 valence electrons. The van der Waals surface area contributed by atoms with Crippen molar-refractivity contribution < 1.29 is 24.5 Å². The first kappa shape index (κ1) is 74.1. The van der Waals surface area contributed by atoms with Crippen LogP contribution in [0.5, 0.6) is 0 Å². The van der Waals surface area contributed by atoms with Gasteiger partial charge in [-0.05, 0) is 77.0 Å². The molecule has 3 N–H and O–H groups in total. The van der Waals surface area contributed by atoms with E-state index in [0.29, 0.717) is 19.4 Å². The highest BCUT2D eigenvalue weighted by Gasteiger charge is 2.18. The molecule has 76 heavy (non-hydrogen) atoms. The van der Waals surface area contributed by atoms with Crippen molar-refractivity contribution in [3.8, 4) is 0 Å². The molecule has 0 aromatic rings. The lowest BCUT2D eigenvalue weighted by atomic mass is 10.0. The van der Waals surface area contributed by atoms with E-state index in [9.17, 15) is 19.8 Å². The van der Waals surface area contributed by atoms with Crippen molar-refractivity contribution in [3.05, 3.63) is 36.5 Å². The molecular weight excluding hydrogens is 935 g/mol. The summed E-state index contributed by atoms with van der Waals surface area (Å²) < 4.78 is 5.46. The molecule has 0 aromatic heterocycles. The summed E-state index contributed by atoms with van der Waals surface area (Å²) >= 11 is 0. The van der Waals surface area contributed by atoms with Crippen LogP contribution in [0.4, 0.5) is 0 Å². The van der Waals surface area contributed by atoms with E-state index in [0.717, 1.165) is 44.9 Å². The van der Waals surface area contributed by atoms with Crippen LogP contribution in [0.2, 0.25) is 0 Å². The summed E-state index contributed by atoms with van der Waals surface area (Å²) in [6.45, 7) is 4.89. The van der Waals surface area contributed by atoms with Gasteiger partial charge in [-0.2, -0.15) is 0 Å². The van der Waals surface area contributed by atoms with Crippen molar-refractivity contribution in [2.75, 3.05) is 13.2 Å². The lowest BCUT2D eigenvalue weighted by molar-refractivity contribution is -0.143. The number of hydrogen-bond donors (Lipinski definition) is 3. The molecule has 0 aromatic carbocycles. The molecule has 6 heteroatoms. The summed E-state index contributed by atoms with van der Waals surface area (Å²) in [6, 6.07) is -0.632. The summed E-state index contributed by atoms with van der Waals surface area (Å²) in [5, 5.41) is 23.3. The lowest BCUT2D eigenvalue weighted by Crippen LogP contribution is -2.45. The smallest absolute Gasteiger partial charge is 0.305 e. The van der Waals surface area contributed by atoms with E-state index < -0.39 is 12.1 Å². The Morgan fingerprint density at radius 2 is 0.632 bits per heavy atom. The molecule has 0 saturated carbocycles. The van der Waals surface area contributed by atoms with Crippen LogP contribution in [-0.4, -0.2) is 47.4 Å². The Morgan fingerprint density at radius 3 is 0.974 bits per heavy atom. The Hall–Kier alpha value is -1.92. The zero-order valence-corrected chi connectivity index (χ0v) is 51.3. The van der Waals surface area contributed by atoms with Crippen LogP contribution in [0, 0.1) is 0 Å². The van der Waals surface area contributed by atoms with Crippen molar-refractivity contribution in [2.24, 2.45) is 0 Å². The first-order chi connectivity index (χ1) is 37.5. The average molecular weight is 1070 g/mol. The van der Waals surface area contributed by atoms with Gasteiger partial charge in [0.2, 0.25) is 5.91 Å². The van der Waals surface area contributed by atoms with E-state index in [4.69, 9.17) is 4.74 Å². The van der Waals surface area contributed by atoms with Gasteiger partial charge < -0.3 is 20.3 Å².